The summed E-state index contributed by atoms with van der Waals surface area (Å²) < 4.78 is 10.8. The van der Waals surface area contributed by atoms with E-state index >= 15 is 0 Å². The number of furan rings is 1. The van der Waals surface area contributed by atoms with Crippen LogP contribution in [0.15, 0.2) is 45.3 Å². The Morgan fingerprint density at radius 2 is 2.20 bits per heavy atom. The SMILES string of the molecule is CC(C)(C)OC(=O)NC1CCN(C(=NCc2cccs2)NCCc2ccco2)C1.I. The zero-order valence-electron chi connectivity index (χ0n) is 17.7. The molecule has 0 radical (unpaired) electrons. The maximum absolute atomic E-state index is 12.1. The van der Waals surface area contributed by atoms with Crippen molar-refractivity contribution in [2.75, 3.05) is 19.6 Å². The molecule has 2 N–H and O–H groups in total. The van der Waals surface area contributed by atoms with Crippen LogP contribution in [-0.4, -0.2) is 48.2 Å². The van der Waals surface area contributed by atoms with Crippen molar-refractivity contribution in [2.24, 2.45) is 4.99 Å². The predicted molar refractivity (Wildman–Crippen MR) is 131 cm³/mol. The number of amides is 1. The van der Waals surface area contributed by atoms with Gasteiger partial charge in [0.25, 0.3) is 0 Å². The molecule has 1 saturated heterocycles. The van der Waals surface area contributed by atoms with Crippen LogP contribution in [0.25, 0.3) is 0 Å². The van der Waals surface area contributed by atoms with E-state index in [0.29, 0.717) is 13.1 Å². The molecule has 7 nitrogen and oxygen atoms in total. The van der Waals surface area contributed by atoms with Crippen LogP contribution in [0.3, 0.4) is 0 Å². The number of guanidine groups is 1. The summed E-state index contributed by atoms with van der Waals surface area (Å²) in [5.41, 5.74) is -0.497. The second kappa shape index (κ2) is 11.6. The van der Waals surface area contributed by atoms with Crippen LogP contribution in [0, 0.1) is 0 Å². The Morgan fingerprint density at radius 3 is 2.87 bits per heavy atom. The Bertz CT molecular complexity index is 788. The van der Waals surface area contributed by atoms with Gasteiger partial charge in [0.2, 0.25) is 0 Å². The van der Waals surface area contributed by atoms with E-state index in [-0.39, 0.29) is 36.1 Å². The number of likely N-dealkylation sites (tertiary alicyclic amines) is 1. The van der Waals surface area contributed by atoms with Crippen molar-refractivity contribution in [1.82, 2.24) is 15.5 Å². The lowest BCUT2D eigenvalue weighted by Gasteiger charge is -2.23. The van der Waals surface area contributed by atoms with Gasteiger partial charge in [0.1, 0.15) is 11.4 Å². The minimum Gasteiger partial charge on any atom is -0.469 e. The van der Waals surface area contributed by atoms with E-state index in [1.165, 1.54) is 4.88 Å². The summed E-state index contributed by atoms with van der Waals surface area (Å²) in [6.45, 7) is 8.51. The van der Waals surface area contributed by atoms with E-state index in [2.05, 4.69) is 27.0 Å². The number of nitrogens with zero attached hydrogens (tertiary/aromatic N) is 2. The maximum atomic E-state index is 12.1. The second-order valence-corrected chi connectivity index (χ2v) is 9.09. The largest absolute Gasteiger partial charge is 0.469 e. The summed E-state index contributed by atoms with van der Waals surface area (Å²) in [5.74, 6) is 1.81. The van der Waals surface area contributed by atoms with Crippen LogP contribution in [0.5, 0.6) is 0 Å². The Morgan fingerprint density at radius 1 is 1.37 bits per heavy atom. The molecule has 0 spiro atoms. The molecule has 1 unspecified atom stereocenters. The molecule has 3 rings (SSSR count). The molecule has 3 heterocycles. The van der Waals surface area contributed by atoms with E-state index < -0.39 is 5.60 Å². The standard InChI is InChI=1S/C21H30N4O3S.HI/c1-21(2,3)28-20(26)24-16-9-11-25(15-16)19(23-14-18-7-5-13-29-18)22-10-8-17-6-4-12-27-17;/h4-7,12-13,16H,8-11,14-15H2,1-3H3,(H,22,23)(H,24,26);1H. The number of carbonyl (C=O) groups excluding carboxylic acids is 1. The highest BCUT2D eigenvalue weighted by Gasteiger charge is 2.28. The molecule has 0 bridgehead atoms. The third kappa shape index (κ3) is 8.17. The molecule has 9 heteroatoms. The zero-order chi connectivity index (χ0) is 20.7. The number of hydrogen-bond donors (Lipinski definition) is 2. The average molecular weight is 546 g/mol. The number of thiophene rings is 1. The van der Waals surface area contributed by atoms with Crippen molar-refractivity contribution in [3.8, 4) is 0 Å². The molecule has 166 valence electrons. The molecule has 2 aromatic rings. The van der Waals surface area contributed by atoms with Crippen molar-refractivity contribution >= 4 is 47.4 Å². The normalized spacial score (nSPS) is 16.8. The molecule has 0 saturated carbocycles. The minimum atomic E-state index is -0.497. The van der Waals surface area contributed by atoms with E-state index in [9.17, 15) is 4.79 Å². The molecular weight excluding hydrogens is 515 g/mol. The second-order valence-electron chi connectivity index (χ2n) is 8.05. The van der Waals surface area contributed by atoms with E-state index in [0.717, 1.165) is 37.7 Å². The van der Waals surface area contributed by atoms with Gasteiger partial charge in [-0.2, -0.15) is 0 Å². The minimum absolute atomic E-state index is 0. The fraction of sp³-hybridized carbons (Fsp3) is 0.524. The van der Waals surface area contributed by atoms with Crippen molar-refractivity contribution in [3.63, 3.8) is 0 Å². The quantitative estimate of drug-likeness (QED) is 0.322. The summed E-state index contributed by atoms with van der Waals surface area (Å²) in [7, 11) is 0. The summed E-state index contributed by atoms with van der Waals surface area (Å²) in [6.07, 6.45) is 2.97. The first-order valence-corrected chi connectivity index (χ1v) is 10.8. The third-order valence-electron chi connectivity index (χ3n) is 4.41. The van der Waals surface area contributed by atoms with Gasteiger partial charge in [-0.25, -0.2) is 9.79 Å². The fourth-order valence-electron chi connectivity index (χ4n) is 3.12. The maximum Gasteiger partial charge on any atom is 0.407 e. The van der Waals surface area contributed by atoms with Gasteiger partial charge in [-0.3, -0.25) is 0 Å². The molecule has 2 aromatic heterocycles. The molecule has 1 amide bonds. The molecule has 1 aliphatic rings. The van der Waals surface area contributed by atoms with E-state index in [1.54, 1.807) is 17.6 Å². The Hall–Kier alpha value is -1.75. The smallest absolute Gasteiger partial charge is 0.407 e. The van der Waals surface area contributed by atoms with Gasteiger partial charge in [-0.1, -0.05) is 6.07 Å². The Balaban J connectivity index is 0.00000320. The molecule has 1 aliphatic heterocycles. The first kappa shape index (κ1) is 24.5. The van der Waals surface area contributed by atoms with Gasteiger partial charge in [-0.15, -0.1) is 35.3 Å². The van der Waals surface area contributed by atoms with Gasteiger partial charge in [0.05, 0.1) is 18.8 Å². The van der Waals surface area contributed by atoms with Crippen LogP contribution in [-0.2, 0) is 17.7 Å². The van der Waals surface area contributed by atoms with Crippen molar-refractivity contribution in [1.29, 1.82) is 0 Å². The molecule has 0 aliphatic carbocycles. The number of nitrogens with one attached hydrogen (secondary N) is 2. The highest BCUT2D eigenvalue weighted by Crippen LogP contribution is 2.14. The van der Waals surface area contributed by atoms with Crippen LogP contribution < -0.4 is 10.6 Å². The molecule has 1 atom stereocenters. The highest BCUT2D eigenvalue weighted by atomic mass is 127. The highest BCUT2D eigenvalue weighted by molar-refractivity contribution is 14.0. The monoisotopic (exact) mass is 546 g/mol. The zero-order valence-corrected chi connectivity index (χ0v) is 20.9. The lowest BCUT2D eigenvalue weighted by Crippen LogP contribution is -2.44. The molecular formula is C21H31IN4O3S. The molecule has 1 fully saturated rings. The number of carbonyl (C=O) groups is 1. The van der Waals surface area contributed by atoms with Gasteiger partial charge < -0.3 is 24.7 Å². The van der Waals surface area contributed by atoms with Crippen LogP contribution in [0.4, 0.5) is 4.79 Å². The van der Waals surface area contributed by atoms with Crippen LogP contribution >= 0.6 is 35.3 Å². The van der Waals surface area contributed by atoms with Crippen molar-refractivity contribution in [2.45, 2.75) is 51.8 Å². The first-order chi connectivity index (χ1) is 13.9. The van der Waals surface area contributed by atoms with Gasteiger partial charge in [0, 0.05) is 30.9 Å². The Labute approximate surface area is 199 Å². The van der Waals surface area contributed by atoms with Gasteiger partial charge in [0.15, 0.2) is 5.96 Å². The number of halogens is 1. The van der Waals surface area contributed by atoms with E-state index in [4.69, 9.17) is 14.1 Å². The summed E-state index contributed by atoms with van der Waals surface area (Å²) in [6, 6.07) is 8.04. The summed E-state index contributed by atoms with van der Waals surface area (Å²) >= 11 is 1.70. The number of alkyl carbamates (subject to hydrolysis) is 1. The fourth-order valence-corrected chi connectivity index (χ4v) is 3.75. The van der Waals surface area contributed by atoms with E-state index in [1.807, 2.05) is 39.0 Å². The summed E-state index contributed by atoms with van der Waals surface area (Å²) in [4.78, 5) is 20.3. The van der Waals surface area contributed by atoms with Crippen molar-refractivity contribution < 1.29 is 13.9 Å². The predicted octanol–water partition coefficient (Wildman–Crippen LogP) is 4.25. The number of aliphatic imine (C=N–C) groups is 1. The number of rotatable bonds is 6. The van der Waals surface area contributed by atoms with Crippen LogP contribution in [0.1, 0.15) is 37.8 Å². The number of hydrogen-bond acceptors (Lipinski definition) is 5. The van der Waals surface area contributed by atoms with Crippen LogP contribution in [0.2, 0.25) is 0 Å². The van der Waals surface area contributed by atoms with Gasteiger partial charge in [-0.05, 0) is 50.8 Å². The number of ether oxygens (including phenoxy) is 1. The average Bonchev–Trinajstić information content (AvgIpc) is 3.39. The topological polar surface area (TPSA) is 79.1 Å². The summed E-state index contributed by atoms with van der Waals surface area (Å²) in [5, 5.41) is 8.48. The lowest BCUT2D eigenvalue weighted by atomic mass is 10.2. The molecule has 0 aromatic carbocycles. The van der Waals surface area contributed by atoms with Gasteiger partial charge >= 0.3 is 6.09 Å². The first-order valence-electron chi connectivity index (χ1n) is 9.96. The molecule has 30 heavy (non-hydrogen) atoms. The lowest BCUT2D eigenvalue weighted by molar-refractivity contribution is 0.0507. The Kier molecular flexibility index (Phi) is 9.47. The third-order valence-corrected chi connectivity index (χ3v) is 5.27. The van der Waals surface area contributed by atoms with Crippen molar-refractivity contribution in [3.05, 3.63) is 46.5 Å².